The topological polar surface area (TPSA) is 52.7 Å². The second-order valence-electron chi connectivity index (χ2n) is 5.93. The van der Waals surface area contributed by atoms with Crippen LogP contribution in [0.5, 0.6) is 0 Å². The molecule has 2 heterocycles. The standard InChI is InChI=1S/C16H21N3O2/c1-11-3-5-13(6-4-11)15(20)12(2)18-7-8-19-14(10-18)9-17-16(19)21/h3-6,12,14H,7-10H2,1-2H3,(H,17,21). The summed E-state index contributed by atoms with van der Waals surface area (Å²) in [5, 5.41) is 2.86. The third kappa shape index (κ3) is 2.65. The summed E-state index contributed by atoms with van der Waals surface area (Å²) in [6.45, 7) is 6.87. The molecule has 112 valence electrons. The van der Waals surface area contributed by atoms with Crippen LogP contribution < -0.4 is 5.32 Å². The first-order valence-electron chi connectivity index (χ1n) is 7.45. The molecule has 2 atom stereocenters. The number of amides is 2. The van der Waals surface area contributed by atoms with Crippen LogP contribution in [0, 0.1) is 6.92 Å². The molecule has 0 aromatic heterocycles. The Bertz CT molecular complexity index is 555. The summed E-state index contributed by atoms with van der Waals surface area (Å²) in [5.74, 6) is 0.153. The molecule has 1 N–H and O–H groups in total. The first-order chi connectivity index (χ1) is 10.1. The van der Waals surface area contributed by atoms with E-state index in [1.54, 1.807) is 0 Å². The maximum Gasteiger partial charge on any atom is 0.317 e. The van der Waals surface area contributed by atoms with Gasteiger partial charge in [-0.25, -0.2) is 4.79 Å². The predicted molar refractivity (Wildman–Crippen MR) is 80.4 cm³/mol. The molecule has 21 heavy (non-hydrogen) atoms. The Kier molecular flexibility index (Phi) is 3.68. The average Bonchev–Trinajstić information content (AvgIpc) is 2.87. The summed E-state index contributed by atoms with van der Waals surface area (Å²) in [6, 6.07) is 7.80. The van der Waals surface area contributed by atoms with E-state index in [-0.39, 0.29) is 23.9 Å². The van der Waals surface area contributed by atoms with Crippen LogP contribution in [0.4, 0.5) is 4.79 Å². The molecule has 1 aromatic rings. The van der Waals surface area contributed by atoms with Crippen molar-refractivity contribution in [3.05, 3.63) is 35.4 Å². The van der Waals surface area contributed by atoms with Crippen LogP contribution in [0.2, 0.25) is 0 Å². The van der Waals surface area contributed by atoms with Gasteiger partial charge in [0, 0.05) is 31.7 Å². The van der Waals surface area contributed by atoms with Gasteiger partial charge in [0.1, 0.15) is 0 Å². The van der Waals surface area contributed by atoms with Gasteiger partial charge in [0.15, 0.2) is 5.78 Å². The highest BCUT2D eigenvalue weighted by atomic mass is 16.2. The second-order valence-corrected chi connectivity index (χ2v) is 5.93. The number of nitrogens with zero attached hydrogens (tertiary/aromatic N) is 2. The van der Waals surface area contributed by atoms with Crippen molar-refractivity contribution in [1.82, 2.24) is 15.1 Å². The number of urea groups is 1. The molecule has 3 rings (SSSR count). The van der Waals surface area contributed by atoms with Crippen molar-refractivity contribution in [2.75, 3.05) is 26.2 Å². The van der Waals surface area contributed by atoms with E-state index in [4.69, 9.17) is 0 Å². The number of hydrogen-bond acceptors (Lipinski definition) is 3. The highest BCUT2D eigenvalue weighted by Gasteiger charge is 2.37. The monoisotopic (exact) mass is 287 g/mol. The molecule has 0 spiro atoms. The minimum atomic E-state index is -0.148. The van der Waals surface area contributed by atoms with E-state index in [1.165, 1.54) is 0 Å². The number of ketones is 1. The van der Waals surface area contributed by atoms with Crippen LogP contribution in [0.3, 0.4) is 0 Å². The highest BCUT2D eigenvalue weighted by Crippen LogP contribution is 2.18. The van der Waals surface area contributed by atoms with Crippen LogP contribution in [-0.2, 0) is 0 Å². The lowest BCUT2D eigenvalue weighted by Gasteiger charge is -2.39. The van der Waals surface area contributed by atoms with Gasteiger partial charge in [-0.2, -0.15) is 0 Å². The zero-order valence-electron chi connectivity index (χ0n) is 12.5. The molecule has 2 unspecified atom stereocenters. The van der Waals surface area contributed by atoms with Gasteiger partial charge in [-0.15, -0.1) is 0 Å². The van der Waals surface area contributed by atoms with Crippen molar-refractivity contribution >= 4 is 11.8 Å². The lowest BCUT2D eigenvalue weighted by Crippen LogP contribution is -2.55. The normalized spacial score (nSPS) is 23.6. The summed E-state index contributed by atoms with van der Waals surface area (Å²) < 4.78 is 0. The fraction of sp³-hybridized carbons (Fsp3) is 0.500. The van der Waals surface area contributed by atoms with E-state index in [9.17, 15) is 9.59 Å². The van der Waals surface area contributed by atoms with Gasteiger partial charge in [0.25, 0.3) is 0 Å². The van der Waals surface area contributed by atoms with Crippen molar-refractivity contribution in [2.24, 2.45) is 0 Å². The van der Waals surface area contributed by atoms with Gasteiger partial charge in [-0.1, -0.05) is 29.8 Å². The minimum absolute atomic E-state index is 0.0252. The number of aryl methyl sites for hydroxylation is 1. The van der Waals surface area contributed by atoms with E-state index < -0.39 is 0 Å². The van der Waals surface area contributed by atoms with Crippen LogP contribution in [0.1, 0.15) is 22.8 Å². The molecule has 2 saturated heterocycles. The van der Waals surface area contributed by atoms with Crippen LogP contribution in [0.15, 0.2) is 24.3 Å². The molecule has 5 nitrogen and oxygen atoms in total. The molecule has 0 aliphatic carbocycles. The van der Waals surface area contributed by atoms with E-state index >= 15 is 0 Å². The summed E-state index contributed by atoms with van der Waals surface area (Å²) in [6.07, 6.45) is 0. The second kappa shape index (κ2) is 5.48. The first kappa shape index (κ1) is 14.1. The number of piperazine rings is 1. The fourth-order valence-electron chi connectivity index (χ4n) is 3.10. The first-order valence-corrected chi connectivity index (χ1v) is 7.45. The van der Waals surface area contributed by atoms with Gasteiger partial charge in [-0.3, -0.25) is 9.69 Å². The third-order valence-electron chi connectivity index (χ3n) is 4.53. The maximum atomic E-state index is 12.6. The smallest absolute Gasteiger partial charge is 0.317 e. The van der Waals surface area contributed by atoms with Gasteiger partial charge in [-0.05, 0) is 13.8 Å². The minimum Gasteiger partial charge on any atom is -0.336 e. The molecule has 0 saturated carbocycles. The number of nitrogens with one attached hydrogen (secondary N) is 1. The van der Waals surface area contributed by atoms with Crippen LogP contribution >= 0.6 is 0 Å². The molecule has 2 aliphatic heterocycles. The number of rotatable bonds is 3. The number of carbonyl (C=O) groups excluding carboxylic acids is 2. The Morgan fingerprint density at radius 1 is 1.29 bits per heavy atom. The van der Waals surface area contributed by atoms with Crippen molar-refractivity contribution < 1.29 is 9.59 Å². The SMILES string of the molecule is Cc1ccc(C(=O)C(C)N2CCN3C(=O)NCC3C2)cc1. The molecule has 2 amide bonds. The number of Topliss-reactive ketones (excluding diaryl/α,β-unsaturated/α-hetero) is 1. The number of carbonyl (C=O) groups is 2. The fourth-order valence-corrected chi connectivity index (χ4v) is 3.10. The highest BCUT2D eigenvalue weighted by molar-refractivity contribution is 5.99. The lowest BCUT2D eigenvalue weighted by atomic mass is 10.0. The summed E-state index contributed by atoms with van der Waals surface area (Å²) in [7, 11) is 0. The predicted octanol–water partition coefficient (Wildman–Crippen LogP) is 1.28. The zero-order chi connectivity index (χ0) is 15.0. The molecule has 0 radical (unpaired) electrons. The maximum absolute atomic E-state index is 12.6. The Labute approximate surface area is 124 Å². The number of benzene rings is 1. The van der Waals surface area contributed by atoms with Crippen molar-refractivity contribution in [3.63, 3.8) is 0 Å². The van der Waals surface area contributed by atoms with Crippen LogP contribution in [-0.4, -0.2) is 59.9 Å². The van der Waals surface area contributed by atoms with Crippen molar-refractivity contribution in [2.45, 2.75) is 25.9 Å². The van der Waals surface area contributed by atoms with Gasteiger partial charge >= 0.3 is 6.03 Å². The van der Waals surface area contributed by atoms with Crippen LogP contribution in [0.25, 0.3) is 0 Å². The van der Waals surface area contributed by atoms with E-state index in [1.807, 2.05) is 43.0 Å². The van der Waals surface area contributed by atoms with Crippen molar-refractivity contribution in [1.29, 1.82) is 0 Å². The van der Waals surface area contributed by atoms with E-state index in [0.29, 0.717) is 13.1 Å². The lowest BCUT2D eigenvalue weighted by molar-refractivity contribution is 0.0677. The van der Waals surface area contributed by atoms with E-state index in [2.05, 4.69) is 10.2 Å². The average molecular weight is 287 g/mol. The molecule has 5 heteroatoms. The molecule has 2 aliphatic rings. The summed E-state index contributed by atoms with van der Waals surface area (Å²) in [4.78, 5) is 28.2. The van der Waals surface area contributed by atoms with Gasteiger partial charge in [0.2, 0.25) is 0 Å². The third-order valence-corrected chi connectivity index (χ3v) is 4.53. The van der Waals surface area contributed by atoms with Crippen molar-refractivity contribution in [3.8, 4) is 0 Å². The Hall–Kier alpha value is -1.88. The van der Waals surface area contributed by atoms with Gasteiger partial charge in [0.05, 0.1) is 12.1 Å². The Morgan fingerprint density at radius 3 is 2.71 bits per heavy atom. The molecule has 0 bridgehead atoms. The van der Waals surface area contributed by atoms with Gasteiger partial charge < -0.3 is 10.2 Å². The molecule has 2 fully saturated rings. The molecule has 1 aromatic carbocycles. The number of hydrogen-bond donors (Lipinski definition) is 1. The Morgan fingerprint density at radius 2 is 2.00 bits per heavy atom. The quantitative estimate of drug-likeness (QED) is 0.852. The zero-order valence-corrected chi connectivity index (χ0v) is 12.5. The summed E-state index contributed by atoms with van der Waals surface area (Å²) >= 11 is 0. The largest absolute Gasteiger partial charge is 0.336 e. The molecular weight excluding hydrogens is 266 g/mol. The number of fused-ring (bicyclic) bond motifs is 1. The summed E-state index contributed by atoms with van der Waals surface area (Å²) in [5.41, 5.74) is 1.92. The molecular formula is C16H21N3O2. The van der Waals surface area contributed by atoms with E-state index in [0.717, 1.165) is 24.2 Å². The Balaban J connectivity index is 1.68.